The summed E-state index contributed by atoms with van der Waals surface area (Å²) in [6.07, 6.45) is 2.31. The van der Waals surface area contributed by atoms with Gasteiger partial charge in [-0.2, -0.15) is 9.97 Å². The van der Waals surface area contributed by atoms with Crippen molar-refractivity contribution < 1.29 is 0 Å². The lowest BCUT2D eigenvalue weighted by Crippen LogP contribution is -2.38. The summed E-state index contributed by atoms with van der Waals surface area (Å²) in [4.78, 5) is 10.5. The van der Waals surface area contributed by atoms with E-state index in [1.807, 2.05) is 6.07 Å². The Hall–Kier alpha value is -1.56. The van der Waals surface area contributed by atoms with Gasteiger partial charge in [0, 0.05) is 19.2 Å². The van der Waals surface area contributed by atoms with E-state index in [0.717, 1.165) is 31.7 Å². The van der Waals surface area contributed by atoms with Crippen molar-refractivity contribution in [3.63, 3.8) is 0 Å². The van der Waals surface area contributed by atoms with Gasteiger partial charge in [0.1, 0.15) is 11.6 Å². The SMILES string of the molecule is CC1(C)CCN(c2cc(NN)nc(N)n2)CC1. The number of hydrogen-bond acceptors (Lipinski definition) is 6. The van der Waals surface area contributed by atoms with Gasteiger partial charge in [-0.15, -0.1) is 0 Å². The highest BCUT2D eigenvalue weighted by Gasteiger charge is 2.26. The third-order valence-electron chi connectivity index (χ3n) is 3.32. The molecular weight excluding hydrogens is 216 g/mol. The Kier molecular flexibility index (Phi) is 3.06. The fourth-order valence-corrected chi connectivity index (χ4v) is 2.03. The molecule has 1 aromatic rings. The van der Waals surface area contributed by atoms with Crippen LogP contribution < -0.4 is 21.9 Å². The Balaban J connectivity index is 2.15. The van der Waals surface area contributed by atoms with Crippen LogP contribution in [0.4, 0.5) is 17.6 Å². The van der Waals surface area contributed by atoms with Crippen LogP contribution >= 0.6 is 0 Å². The Morgan fingerprint density at radius 3 is 2.53 bits per heavy atom. The molecule has 1 aliphatic heterocycles. The molecule has 0 unspecified atom stereocenters. The van der Waals surface area contributed by atoms with Gasteiger partial charge in [0.05, 0.1) is 0 Å². The van der Waals surface area contributed by atoms with E-state index in [2.05, 4.69) is 34.1 Å². The lowest BCUT2D eigenvalue weighted by molar-refractivity contribution is 0.279. The summed E-state index contributed by atoms with van der Waals surface area (Å²) < 4.78 is 0. The van der Waals surface area contributed by atoms with Crippen LogP contribution in [0, 0.1) is 5.41 Å². The number of anilines is 3. The first-order valence-electron chi connectivity index (χ1n) is 5.86. The van der Waals surface area contributed by atoms with Crippen molar-refractivity contribution in [2.45, 2.75) is 26.7 Å². The lowest BCUT2D eigenvalue weighted by atomic mass is 9.83. The average Bonchev–Trinajstić information content (AvgIpc) is 2.28. The van der Waals surface area contributed by atoms with Crippen molar-refractivity contribution in [3.8, 4) is 0 Å². The van der Waals surface area contributed by atoms with Crippen molar-refractivity contribution in [1.82, 2.24) is 9.97 Å². The average molecular weight is 236 g/mol. The van der Waals surface area contributed by atoms with Crippen molar-refractivity contribution in [2.75, 3.05) is 29.1 Å². The van der Waals surface area contributed by atoms with E-state index >= 15 is 0 Å². The first kappa shape index (κ1) is 11.9. The molecule has 94 valence electrons. The number of nitrogen functional groups attached to an aromatic ring is 2. The molecule has 0 bridgehead atoms. The molecule has 2 heterocycles. The molecule has 0 atom stereocenters. The van der Waals surface area contributed by atoms with Crippen LogP contribution in [0.15, 0.2) is 6.07 Å². The Morgan fingerprint density at radius 1 is 1.29 bits per heavy atom. The van der Waals surface area contributed by atoms with Gasteiger partial charge in [-0.25, -0.2) is 5.84 Å². The summed E-state index contributed by atoms with van der Waals surface area (Å²) in [6.45, 7) is 6.58. The molecule has 17 heavy (non-hydrogen) atoms. The van der Waals surface area contributed by atoms with Crippen LogP contribution in [0.1, 0.15) is 26.7 Å². The highest BCUT2D eigenvalue weighted by atomic mass is 15.3. The zero-order valence-electron chi connectivity index (χ0n) is 10.4. The summed E-state index contributed by atoms with van der Waals surface area (Å²) in [5.74, 6) is 7.00. The van der Waals surface area contributed by atoms with Crippen molar-refractivity contribution in [1.29, 1.82) is 0 Å². The predicted octanol–water partition coefficient (Wildman–Crippen LogP) is 0.971. The van der Waals surface area contributed by atoms with Crippen molar-refractivity contribution >= 4 is 17.6 Å². The molecule has 1 fully saturated rings. The Morgan fingerprint density at radius 2 is 1.94 bits per heavy atom. The molecule has 2 rings (SSSR count). The number of hydrazine groups is 1. The molecule has 0 amide bonds. The number of nitrogens with zero attached hydrogens (tertiary/aromatic N) is 3. The highest BCUT2D eigenvalue weighted by Crippen LogP contribution is 2.32. The van der Waals surface area contributed by atoms with E-state index in [-0.39, 0.29) is 5.95 Å². The molecule has 0 aromatic carbocycles. The van der Waals surface area contributed by atoms with Crippen LogP contribution in [0.2, 0.25) is 0 Å². The quantitative estimate of drug-likeness (QED) is 0.523. The number of rotatable bonds is 2. The number of nitrogens with one attached hydrogen (secondary N) is 1. The minimum Gasteiger partial charge on any atom is -0.368 e. The molecular formula is C11H20N6. The highest BCUT2D eigenvalue weighted by molar-refractivity contribution is 5.52. The second-order valence-corrected chi connectivity index (χ2v) is 5.27. The minimum atomic E-state index is 0.250. The fourth-order valence-electron chi connectivity index (χ4n) is 2.03. The summed E-state index contributed by atoms with van der Waals surface area (Å²) in [6, 6.07) is 1.83. The lowest BCUT2D eigenvalue weighted by Gasteiger charge is -2.37. The maximum absolute atomic E-state index is 5.65. The van der Waals surface area contributed by atoms with E-state index in [0.29, 0.717) is 11.2 Å². The number of hydrogen-bond donors (Lipinski definition) is 3. The number of nitrogens with two attached hydrogens (primary N) is 2. The van der Waals surface area contributed by atoms with E-state index in [1.54, 1.807) is 0 Å². The number of piperidine rings is 1. The van der Waals surface area contributed by atoms with E-state index < -0.39 is 0 Å². The first-order chi connectivity index (χ1) is 8.00. The molecule has 1 saturated heterocycles. The second kappa shape index (κ2) is 4.37. The smallest absolute Gasteiger partial charge is 0.223 e. The standard InChI is InChI=1S/C11H20N6/c1-11(2)3-5-17(6-4-11)9-7-8(16-13)14-10(12)15-9/h7H,3-6,13H2,1-2H3,(H3,12,14,15,16). The Labute approximate surface area is 101 Å². The van der Waals surface area contributed by atoms with Crippen molar-refractivity contribution in [3.05, 3.63) is 6.07 Å². The van der Waals surface area contributed by atoms with Gasteiger partial charge in [0.2, 0.25) is 5.95 Å². The van der Waals surface area contributed by atoms with Gasteiger partial charge < -0.3 is 16.1 Å². The van der Waals surface area contributed by atoms with Crippen LogP contribution in [-0.4, -0.2) is 23.1 Å². The minimum absolute atomic E-state index is 0.250. The largest absolute Gasteiger partial charge is 0.368 e. The monoisotopic (exact) mass is 236 g/mol. The van der Waals surface area contributed by atoms with Gasteiger partial charge in [0.25, 0.3) is 0 Å². The predicted molar refractivity (Wildman–Crippen MR) is 69.5 cm³/mol. The molecule has 1 aliphatic rings. The number of aromatic nitrogens is 2. The molecule has 0 radical (unpaired) electrons. The van der Waals surface area contributed by atoms with E-state index in [9.17, 15) is 0 Å². The summed E-state index contributed by atoms with van der Waals surface area (Å²) in [7, 11) is 0. The molecule has 5 N–H and O–H groups in total. The second-order valence-electron chi connectivity index (χ2n) is 5.27. The van der Waals surface area contributed by atoms with Crippen LogP contribution in [0.5, 0.6) is 0 Å². The summed E-state index contributed by atoms with van der Waals surface area (Å²) >= 11 is 0. The molecule has 6 heteroatoms. The molecule has 1 aromatic heterocycles. The van der Waals surface area contributed by atoms with Crippen molar-refractivity contribution in [2.24, 2.45) is 11.3 Å². The van der Waals surface area contributed by atoms with E-state index in [1.165, 1.54) is 0 Å². The van der Waals surface area contributed by atoms with Gasteiger partial charge in [0.15, 0.2) is 0 Å². The first-order valence-corrected chi connectivity index (χ1v) is 5.86. The van der Waals surface area contributed by atoms with Gasteiger partial charge in [-0.05, 0) is 18.3 Å². The maximum atomic E-state index is 5.65. The van der Waals surface area contributed by atoms with Crippen LogP contribution in [-0.2, 0) is 0 Å². The third kappa shape index (κ3) is 2.76. The zero-order chi connectivity index (χ0) is 12.5. The summed E-state index contributed by atoms with van der Waals surface area (Å²) in [5.41, 5.74) is 8.58. The molecule has 6 nitrogen and oxygen atoms in total. The maximum Gasteiger partial charge on any atom is 0.223 e. The van der Waals surface area contributed by atoms with Gasteiger partial charge in [-0.1, -0.05) is 13.8 Å². The zero-order valence-corrected chi connectivity index (χ0v) is 10.4. The van der Waals surface area contributed by atoms with Gasteiger partial charge in [-0.3, -0.25) is 0 Å². The fraction of sp³-hybridized carbons (Fsp3) is 0.636. The van der Waals surface area contributed by atoms with Gasteiger partial charge >= 0.3 is 0 Å². The topological polar surface area (TPSA) is 93.1 Å². The van der Waals surface area contributed by atoms with E-state index in [4.69, 9.17) is 11.6 Å². The summed E-state index contributed by atoms with van der Waals surface area (Å²) in [5, 5.41) is 0. The molecule has 0 spiro atoms. The third-order valence-corrected chi connectivity index (χ3v) is 3.32. The molecule has 0 saturated carbocycles. The normalized spacial score (nSPS) is 19.1. The van der Waals surface area contributed by atoms with Crippen LogP contribution in [0.3, 0.4) is 0 Å². The van der Waals surface area contributed by atoms with Crippen LogP contribution in [0.25, 0.3) is 0 Å². The molecule has 0 aliphatic carbocycles. The Bertz CT molecular complexity index is 393.